The van der Waals surface area contributed by atoms with E-state index in [2.05, 4.69) is 0 Å². The summed E-state index contributed by atoms with van der Waals surface area (Å²) >= 11 is 0. The Morgan fingerprint density at radius 3 is 2.95 bits per heavy atom. The number of rotatable bonds is 4. The van der Waals surface area contributed by atoms with Crippen LogP contribution in [0.15, 0.2) is 28.7 Å². The van der Waals surface area contributed by atoms with E-state index in [4.69, 9.17) is 24.5 Å². The number of nitrogen functional groups attached to an aromatic ring is 1. The predicted molar refractivity (Wildman–Crippen MR) is 72.0 cm³/mol. The fraction of sp³-hybridized carbons (Fsp3) is 0.214. The van der Waals surface area contributed by atoms with Crippen LogP contribution >= 0.6 is 0 Å². The van der Waals surface area contributed by atoms with Gasteiger partial charge < -0.3 is 18.6 Å². The molecule has 0 atom stereocenters. The highest BCUT2D eigenvalue weighted by atomic mass is 16.7. The average Bonchev–Trinajstić information content (AvgIpc) is 3.10. The molecule has 0 unspecified atom stereocenters. The highest BCUT2D eigenvalue weighted by Gasteiger charge is 2.16. The fourth-order valence-electron chi connectivity index (χ4n) is 2.03. The van der Waals surface area contributed by atoms with Gasteiger partial charge in [-0.2, -0.15) is 0 Å². The molecule has 0 saturated heterocycles. The van der Waals surface area contributed by atoms with E-state index in [1.165, 1.54) is 0 Å². The lowest BCUT2D eigenvalue weighted by atomic mass is 10.2. The van der Waals surface area contributed by atoms with E-state index in [-0.39, 0.29) is 19.2 Å². The minimum Gasteiger partial charge on any atom is -0.486 e. The molecule has 1 aliphatic heterocycles. The molecule has 110 valence electrons. The zero-order valence-electron chi connectivity index (χ0n) is 11.3. The SMILES string of the molecule is Cc1cc(COc2ccc3c(c2)OCO3)oc1C(=O)NN. The van der Waals surface area contributed by atoms with Crippen LogP contribution in [0.5, 0.6) is 17.2 Å². The van der Waals surface area contributed by atoms with Gasteiger partial charge in [-0.3, -0.25) is 10.2 Å². The molecule has 21 heavy (non-hydrogen) atoms. The molecule has 1 aliphatic rings. The summed E-state index contributed by atoms with van der Waals surface area (Å²) < 4.78 is 21.5. The lowest BCUT2D eigenvalue weighted by Crippen LogP contribution is -2.30. The van der Waals surface area contributed by atoms with Gasteiger partial charge in [0.2, 0.25) is 6.79 Å². The number of nitrogens with one attached hydrogen (secondary N) is 1. The number of amides is 1. The van der Waals surface area contributed by atoms with Crippen molar-refractivity contribution < 1.29 is 23.4 Å². The number of furan rings is 1. The Bertz CT molecular complexity index is 680. The molecule has 0 saturated carbocycles. The second-order valence-electron chi connectivity index (χ2n) is 4.50. The van der Waals surface area contributed by atoms with E-state index in [1.54, 1.807) is 31.2 Å². The normalized spacial score (nSPS) is 12.3. The third-order valence-corrected chi connectivity index (χ3v) is 3.03. The van der Waals surface area contributed by atoms with E-state index in [0.717, 1.165) is 0 Å². The van der Waals surface area contributed by atoms with Gasteiger partial charge in [0, 0.05) is 11.6 Å². The second kappa shape index (κ2) is 5.37. The van der Waals surface area contributed by atoms with Crippen LogP contribution in [0.1, 0.15) is 21.9 Å². The summed E-state index contributed by atoms with van der Waals surface area (Å²) in [6.45, 7) is 2.17. The van der Waals surface area contributed by atoms with Crippen molar-refractivity contribution >= 4 is 5.91 Å². The molecule has 0 spiro atoms. The second-order valence-corrected chi connectivity index (χ2v) is 4.50. The summed E-state index contributed by atoms with van der Waals surface area (Å²) in [7, 11) is 0. The molecule has 2 aromatic rings. The molecule has 1 amide bonds. The molecule has 7 heteroatoms. The molecule has 7 nitrogen and oxygen atoms in total. The maximum Gasteiger partial charge on any atom is 0.301 e. The number of benzene rings is 1. The van der Waals surface area contributed by atoms with Crippen LogP contribution in [0.25, 0.3) is 0 Å². The van der Waals surface area contributed by atoms with Crippen LogP contribution in [0.3, 0.4) is 0 Å². The maximum atomic E-state index is 11.4. The standard InChI is InChI=1S/C14H14N2O5/c1-8-4-10(21-13(8)14(17)16-15)6-18-9-2-3-11-12(5-9)20-7-19-11/h2-5H,6-7,15H2,1H3,(H,16,17). The smallest absolute Gasteiger partial charge is 0.301 e. The minimum absolute atomic E-state index is 0.182. The van der Waals surface area contributed by atoms with Crippen LogP contribution in [0, 0.1) is 6.92 Å². The largest absolute Gasteiger partial charge is 0.486 e. The van der Waals surface area contributed by atoms with Crippen molar-refractivity contribution in [1.29, 1.82) is 0 Å². The molecular weight excluding hydrogens is 276 g/mol. The van der Waals surface area contributed by atoms with Gasteiger partial charge in [0.15, 0.2) is 17.3 Å². The Balaban J connectivity index is 1.69. The number of hydrogen-bond acceptors (Lipinski definition) is 6. The Hall–Kier alpha value is -2.67. The van der Waals surface area contributed by atoms with Gasteiger partial charge in [0.1, 0.15) is 18.1 Å². The third-order valence-electron chi connectivity index (χ3n) is 3.03. The number of carbonyl (C=O) groups excluding carboxylic acids is 1. The average molecular weight is 290 g/mol. The van der Waals surface area contributed by atoms with Gasteiger partial charge in [0.25, 0.3) is 0 Å². The van der Waals surface area contributed by atoms with Crippen molar-refractivity contribution in [2.45, 2.75) is 13.5 Å². The first-order chi connectivity index (χ1) is 10.2. The Morgan fingerprint density at radius 1 is 1.33 bits per heavy atom. The summed E-state index contributed by atoms with van der Waals surface area (Å²) in [6.07, 6.45) is 0. The molecule has 3 rings (SSSR count). The number of ether oxygens (including phenoxy) is 3. The molecule has 0 aliphatic carbocycles. The number of carbonyl (C=O) groups is 1. The summed E-state index contributed by atoms with van der Waals surface area (Å²) in [5.41, 5.74) is 2.73. The first-order valence-electron chi connectivity index (χ1n) is 6.30. The maximum absolute atomic E-state index is 11.4. The molecule has 1 aromatic carbocycles. The Morgan fingerprint density at radius 2 is 2.14 bits per heavy atom. The fourth-order valence-corrected chi connectivity index (χ4v) is 2.03. The Labute approximate surface area is 120 Å². The van der Waals surface area contributed by atoms with Crippen molar-refractivity contribution in [1.82, 2.24) is 5.43 Å². The number of aryl methyl sites for hydroxylation is 1. The van der Waals surface area contributed by atoms with Crippen molar-refractivity contribution in [2.24, 2.45) is 5.84 Å². The minimum atomic E-state index is -0.471. The van der Waals surface area contributed by atoms with E-state index >= 15 is 0 Å². The van der Waals surface area contributed by atoms with Gasteiger partial charge in [-0.25, -0.2) is 5.84 Å². The molecule has 1 aromatic heterocycles. The monoisotopic (exact) mass is 290 g/mol. The lowest BCUT2D eigenvalue weighted by molar-refractivity contribution is 0.0921. The van der Waals surface area contributed by atoms with Crippen LogP contribution in [0.2, 0.25) is 0 Å². The van der Waals surface area contributed by atoms with Gasteiger partial charge in [-0.1, -0.05) is 0 Å². The molecule has 0 bridgehead atoms. The van der Waals surface area contributed by atoms with Crippen LogP contribution in [0.4, 0.5) is 0 Å². The van der Waals surface area contributed by atoms with Gasteiger partial charge in [-0.05, 0) is 25.1 Å². The zero-order chi connectivity index (χ0) is 14.8. The van der Waals surface area contributed by atoms with Crippen molar-refractivity contribution in [3.63, 3.8) is 0 Å². The first-order valence-corrected chi connectivity index (χ1v) is 6.30. The van der Waals surface area contributed by atoms with Gasteiger partial charge in [0.05, 0.1) is 0 Å². The van der Waals surface area contributed by atoms with Crippen LogP contribution in [-0.4, -0.2) is 12.7 Å². The predicted octanol–water partition coefficient (Wildman–Crippen LogP) is 1.50. The van der Waals surface area contributed by atoms with Gasteiger partial charge >= 0.3 is 5.91 Å². The first kappa shape index (κ1) is 13.3. The summed E-state index contributed by atoms with van der Waals surface area (Å²) in [5.74, 6) is 7.29. The number of hydrogen-bond donors (Lipinski definition) is 2. The quantitative estimate of drug-likeness (QED) is 0.503. The van der Waals surface area contributed by atoms with E-state index in [9.17, 15) is 4.79 Å². The van der Waals surface area contributed by atoms with Gasteiger partial charge in [-0.15, -0.1) is 0 Å². The highest BCUT2D eigenvalue weighted by molar-refractivity contribution is 5.92. The molecule has 2 heterocycles. The van der Waals surface area contributed by atoms with Crippen molar-refractivity contribution in [3.8, 4) is 17.2 Å². The number of hydrazine groups is 1. The molecular formula is C14H14N2O5. The topological polar surface area (TPSA) is 95.9 Å². The lowest BCUT2D eigenvalue weighted by Gasteiger charge is -2.05. The van der Waals surface area contributed by atoms with Crippen molar-refractivity contribution in [2.75, 3.05) is 6.79 Å². The summed E-state index contributed by atoms with van der Waals surface area (Å²) in [5, 5.41) is 0. The van der Waals surface area contributed by atoms with E-state index in [0.29, 0.717) is 28.6 Å². The highest BCUT2D eigenvalue weighted by Crippen LogP contribution is 2.35. The molecule has 3 N–H and O–H groups in total. The summed E-state index contributed by atoms with van der Waals surface area (Å²) in [4.78, 5) is 11.4. The van der Waals surface area contributed by atoms with E-state index < -0.39 is 5.91 Å². The third kappa shape index (κ3) is 2.63. The van der Waals surface area contributed by atoms with Crippen LogP contribution in [-0.2, 0) is 6.61 Å². The van der Waals surface area contributed by atoms with Crippen LogP contribution < -0.4 is 25.5 Å². The number of nitrogens with two attached hydrogens (primary N) is 1. The molecule has 0 radical (unpaired) electrons. The van der Waals surface area contributed by atoms with Crippen molar-refractivity contribution in [3.05, 3.63) is 41.3 Å². The Kier molecular flexibility index (Phi) is 3.41. The molecule has 0 fully saturated rings. The summed E-state index contributed by atoms with van der Waals surface area (Å²) in [6, 6.07) is 7.03. The number of fused-ring (bicyclic) bond motifs is 1. The zero-order valence-corrected chi connectivity index (χ0v) is 11.3. The van der Waals surface area contributed by atoms with E-state index in [1.807, 2.05) is 5.43 Å².